The van der Waals surface area contributed by atoms with Gasteiger partial charge in [0, 0.05) is 5.39 Å². The van der Waals surface area contributed by atoms with Crippen molar-refractivity contribution in [2.75, 3.05) is 0 Å². The number of nitrogens with zero attached hydrogens (tertiary/aromatic N) is 2. The Hall–Kier alpha value is -1.53. The zero-order valence-electron chi connectivity index (χ0n) is 7.38. The van der Waals surface area contributed by atoms with Crippen LogP contribution in [0.2, 0.25) is 0 Å². The molecule has 2 aromatic carbocycles. The molecule has 0 aliphatic carbocycles. The fourth-order valence-electron chi connectivity index (χ4n) is 1.66. The normalized spacial score (nSPS) is 11.4. The lowest BCUT2D eigenvalue weighted by Gasteiger charge is -2.00. The van der Waals surface area contributed by atoms with Gasteiger partial charge in [-0.15, -0.1) is 9.96 Å². The average Bonchev–Trinajstić information content (AvgIpc) is 2.29. The molecule has 0 spiro atoms. The summed E-state index contributed by atoms with van der Waals surface area (Å²) in [6.07, 6.45) is 0. The summed E-state index contributed by atoms with van der Waals surface area (Å²) in [5, 5.41) is 7.85. The van der Waals surface area contributed by atoms with Gasteiger partial charge in [0.2, 0.25) is 0 Å². The maximum Gasteiger partial charge on any atom is 0.0943 e. The van der Waals surface area contributed by atoms with E-state index < -0.39 is 0 Å². The van der Waals surface area contributed by atoms with E-state index in [1.807, 2.05) is 6.07 Å². The molecule has 1 aromatic heterocycles. The van der Waals surface area contributed by atoms with Crippen LogP contribution >= 0.6 is 8.35 Å². The Labute approximate surface area is 82.8 Å². The maximum atomic E-state index is 4.12. The molecule has 0 amide bonds. The van der Waals surface area contributed by atoms with Crippen molar-refractivity contribution in [2.45, 2.75) is 0 Å². The van der Waals surface area contributed by atoms with Gasteiger partial charge < -0.3 is 0 Å². The number of fused-ring (bicyclic) bond motifs is 3. The number of benzene rings is 2. The first-order chi connectivity index (χ1) is 6.95. The van der Waals surface area contributed by atoms with Crippen molar-refractivity contribution in [1.29, 1.82) is 0 Å². The minimum Gasteiger partial charge on any atom is -0.146 e. The van der Waals surface area contributed by atoms with Crippen molar-refractivity contribution in [3.05, 3.63) is 42.2 Å². The van der Waals surface area contributed by atoms with E-state index in [4.69, 9.17) is 0 Å². The number of aromatic nitrogens is 2. The van der Waals surface area contributed by atoms with Crippen molar-refractivity contribution in [3.8, 4) is 0 Å². The first-order valence-electron chi connectivity index (χ1n) is 4.41. The SMILES string of the molecule is c1ccc2c(c1)ccc1nnpcc12. The lowest BCUT2D eigenvalue weighted by molar-refractivity contribution is 1.18. The van der Waals surface area contributed by atoms with Crippen molar-refractivity contribution in [3.63, 3.8) is 0 Å². The molecule has 0 aliphatic heterocycles. The summed E-state index contributed by atoms with van der Waals surface area (Å²) in [5.41, 5.74) is 0.974. The third-order valence-corrected chi connectivity index (χ3v) is 2.90. The van der Waals surface area contributed by atoms with Crippen LogP contribution in [0.1, 0.15) is 0 Å². The quantitative estimate of drug-likeness (QED) is 0.517. The number of rotatable bonds is 0. The molecule has 0 unspecified atom stereocenters. The molecule has 0 radical (unpaired) electrons. The maximum absolute atomic E-state index is 4.12. The Morgan fingerprint density at radius 2 is 1.86 bits per heavy atom. The van der Waals surface area contributed by atoms with E-state index in [9.17, 15) is 0 Å². The minimum atomic E-state index is 0.926. The highest BCUT2D eigenvalue weighted by Gasteiger charge is 1.99. The largest absolute Gasteiger partial charge is 0.146 e. The van der Waals surface area contributed by atoms with Crippen molar-refractivity contribution < 1.29 is 0 Å². The Morgan fingerprint density at radius 3 is 2.86 bits per heavy atom. The average molecular weight is 198 g/mol. The van der Waals surface area contributed by atoms with E-state index in [1.54, 1.807) is 0 Å². The molecular weight excluding hydrogens is 191 g/mol. The molecule has 0 aliphatic rings. The molecule has 1 heterocycles. The van der Waals surface area contributed by atoms with Gasteiger partial charge >= 0.3 is 0 Å². The summed E-state index contributed by atoms with van der Waals surface area (Å²) in [6, 6.07) is 12.5. The summed E-state index contributed by atoms with van der Waals surface area (Å²) >= 11 is 0. The van der Waals surface area contributed by atoms with Crippen LogP contribution < -0.4 is 0 Å². The summed E-state index contributed by atoms with van der Waals surface area (Å²) in [6.45, 7) is 0. The highest BCUT2D eigenvalue weighted by molar-refractivity contribution is 7.24. The molecule has 0 saturated heterocycles. The molecule has 0 fully saturated rings. The van der Waals surface area contributed by atoms with E-state index >= 15 is 0 Å². The Balaban J connectivity index is 2.61. The summed E-state index contributed by atoms with van der Waals surface area (Å²) in [7, 11) is 0.926. The first-order valence-corrected chi connectivity index (χ1v) is 5.32. The summed E-state index contributed by atoms with van der Waals surface area (Å²) in [5.74, 6) is 2.10. The zero-order valence-corrected chi connectivity index (χ0v) is 8.28. The first kappa shape index (κ1) is 7.84. The molecule has 2 nitrogen and oxygen atoms in total. The molecule has 3 heteroatoms. The van der Waals surface area contributed by atoms with Crippen LogP contribution in [0.5, 0.6) is 0 Å². The van der Waals surface area contributed by atoms with Gasteiger partial charge in [-0.3, -0.25) is 0 Å². The molecule has 0 N–H and O–H groups in total. The van der Waals surface area contributed by atoms with Crippen molar-refractivity contribution >= 4 is 30.0 Å². The predicted octanol–water partition coefficient (Wildman–Crippen LogP) is 3.36. The second-order valence-electron chi connectivity index (χ2n) is 3.15. The van der Waals surface area contributed by atoms with E-state index in [2.05, 4.69) is 46.1 Å². The standard InChI is InChI=1S/C11H7N2P/c1-2-4-9-8(3-1)5-6-11-10(9)7-14-13-12-11/h1-7H. The Kier molecular flexibility index (Phi) is 1.68. The summed E-state index contributed by atoms with van der Waals surface area (Å²) in [4.78, 5) is 3.97. The number of hydrogen-bond donors (Lipinski definition) is 0. The fraction of sp³-hybridized carbons (Fsp3) is 0. The molecule has 3 rings (SSSR count). The van der Waals surface area contributed by atoms with Gasteiger partial charge in [-0.05, 0) is 22.6 Å². The predicted molar refractivity (Wildman–Crippen MR) is 59.6 cm³/mol. The highest BCUT2D eigenvalue weighted by atomic mass is 31.0. The van der Waals surface area contributed by atoms with Gasteiger partial charge in [0.25, 0.3) is 0 Å². The van der Waals surface area contributed by atoms with E-state index in [0.29, 0.717) is 0 Å². The molecule has 3 aromatic rings. The van der Waals surface area contributed by atoms with Gasteiger partial charge in [-0.1, -0.05) is 30.3 Å². The molecule has 0 saturated carbocycles. The zero-order chi connectivity index (χ0) is 9.38. The van der Waals surface area contributed by atoms with Crippen LogP contribution in [0.15, 0.2) is 42.2 Å². The van der Waals surface area contributed by atoms with Gasteiger partial charge in [-0.2, -0.15) is 0 Å². The molecule has 66 valence electrons. The van der Waals surface area contributed by atoms with Crippen LogP contribution in [-0.2, 0) is 0 Å². The van der Waals surface area contributed by atoms with Crippen molar-refractivity contribution in [2.24, 2.45) is 0 Å². The summed E-state index contributed by atoms with van der Waals surface area (Å²) < 4.78 is 0. The fourth-order valence-corrected chi connectivity index (χ4v) is 2.25. The topological polar surface area (TPSA) is 25.8 Å². The highest BCUT2D eigenvalue weighted by Crippen LogP contribution is 2.24. The second kappa shape index (κ2) is 3.00. The van der Waals surface area contributed by atoms with Crippen LogP contribution in [0.3, 0.4) is 0 Å². The molecule has 0 atom stereocenters. The van der Waals surface area contributed by atoms with Crippen LogP contribution in [-0.4, -0.2) is 9.96 Å². The van der Waals surface area contributed by atoms with Gasteiger partial charge in [0.1, 0.15) is 0 Å². The van der Waals surface area contributed by atoms with E-state index in [-0.39, 0.29) is 0 Å². The van der Waals surface area contributed by atoms with Gasteiger partial charge in [0.15, 0.2) is 0 Å². The second-order valence-corrected chi connectivity index (χ2v) is 3.82. The van der Waals surface area contributed by atoms with Crippen molar-refractivity contribution in [1.82, 2.24) is 9.96 Å². The monoisotopic (exact) mass is 198 g/mol. The van der Waals surface area contributed by atoms with Gasteiger partial charge in [0.05, 0.1) is 13.9 Å². The van der Waals surface area contributed by atoms with Gasteiger partial charge in [-0.25, -0.2) is 0 Å². The molecule has 0 bridgehead atoms. The van der Waals surface area contributed by atoms with Crippen LogP contribution in [0.25, 0.3) is 21.7 Å². The molecule has 14 heavy (non-hydrogen) atoms. The number of hydrogen-bond acceptors (Lipinski definition) is 2. The smallest absolute Gasteiger partial charge is 0.0943 e. The third kappa shape index (κ3) is 1.08. The third-order valence-electron chi connectivity index (χ3n) is 2.34. The lowest BCUT2D eigenvalue weighted by Crippen LogP contribution is -1.80. The minimum absolute atomic E-state index is 0.926. The molecular formula is C11H7N2P. The van der Waals surface area contributed by atoms with E-state index in [1.165, 1.54) is 16.2 Å². The van der Waals surface area contributed by atoms with Crippen LogP contribution in [0, 0.1) is 0 Å². The lowest BCUT2D eigenvalue weighted by atomic mass is 10.1. The Bertz CT molecular complexity index is 552. The Morgan fingerprint density at radius 1 is 0.929 bits per heavy atom. The van der Waals surface area contributed by atoms with Crippen LogP contribution in [0.4, 0.5) is 0 Å². The van der Waals surface area contributed by atoms with E-state index in [0.717, 1.165) is 13.9 Å².